The number of halogens is 2. The average Bonchev–Trinajstić information content (AvgIpc) is 2.69. The summed E-state index contributed by atoms with van der Waals surface area (Å²) in [5.74, 6) is -2.89. The average molecular weight is 380 g/mol. The Morgan fingerprint density at radius 3 is 2.18 bits per heavy atom. The molecule has 0 atom stereocenters. The van der Waals surface area contributed by atoms with Gasteiger partial charge in [-0.05, 0) is 36.2 Å². The molecule has 3 rings (SSSR count). The summed E-state index contributed by atoms with van der Waals surface area (Å²) in [6.45, 7) is 0.303. The summed E-state index contributed by atoms with van der Waals surface area (Å²) in [7, 11) is 0. The molecule has 142 valence electrons. The molecule has 0 spiro atoms. The van der Waals surface area contributed by atoms with Crippen molar-refractivity contribution < 1.29 is 18.4 Å². The number of nitrogens with one attached hydrogen (secondary N) is 2. The Bertz CT molecular complexity index is 991. The van der Waals surface area contributed by atoms with Crippen LogP contribution in [0.3, 0.4) is 0 Å². The lowest BCUT2D eigenvalue weighted by Crippen LogP contribution is -2.28. The lowest BCUT2D eigenvalue weighted by atomic mass is 10.1. The van der Waals surface area contributed by atoms with Gasteiger partial charge in [-0.15, -0.1) is 0 Å². The fraction of sp³-hybridized carbons (Fsp3) is 0.0909. The van der Waals surface area contributed by atoms with Crippen LogP contribution < -0.4 is 10.6 Å². The van der Waals surface area contributed by atoms with Gasteiger partial charge in [-0.1, -0.05) is 48.5 Å². The fourth-order valence-electron chi connectivity index (χ4n) is 2.75. The number of benzene rings is 3. The number of carbonyl (C=O) groups excluding carboxylic acids is 2. The molecule has 0 heterocycles. The molecule has 0 radical (unpaired) electrons. The maximum absolute atomic E-state index is 14.3. The minimum absolute atomic E-state index is 0.0227. The third kappa shape index (κ3) is 4.59. The Morgan fingerprint density at radius 2 is 1.43 bits per heavy atom. The standard InChI is InChI=1S/C22H18F2N2O2/c23-17-10-5-4-9-16(17)21(27)26-19-12-6-11-18(24)20(19)22(28)25-14-13-15-7-2-1-3-8-15/h1-12H,13-14H2,(H,25,28)(H,26,27). The summed E-state index contributed by atoms with van der Waals surface area (Å²) in [5.41, 5.74) is 0.525. The smallest absolute Gasteiger partial charge is 0.258 e. The van der Waals surface area contributed by atoms with E-state index in [4.69, 9.17) is 0 Å². The summed E-state index contributed by atoms with van der Waals surface area (Å²) in [6.07, 6.45) is 0.581. The summed E-state index contributed by atoms with van der Waals surface area (Å²) in [5, 5.41) is 5.07. The van der Waals surface area contributed by atoms with E-state index in [0.29, 0.717) is 13.0 Å². The molecule has 3 aromatic carbocycles. The highest BCUT2D eigenvalue weighted by Crippen LogP contribution is 2.20. The summed E-state index contributed by atoms with van der Waals surface area (Å²) in [4.78, 5) is 24.8. The van der Waals surface area contributed by atoms with Gasteiger partial charge in [0.1, 0.15) is 11.6 Å². The highest BCUT2D eigenvalue weighted by molar-refractivity contribution is 6.09. The van der Waals surface area contributed by atoms with Gasteiger partial charge < -0.3 is 10.6 Å². The van der Waals surface area contributed by atoms with E-state index >= 15 is 0 Å². The molecule has 0 saturated heterocycles. The molecule has 0 bridgehead atoms. The summed E-state index contributed by atoms with van der Waals surface area (Å²) < 4.78 is 28.1. The molecule has 0 aliphatic rings. The number of amides is 2. The topological polar surface area (TPSA) is 58.2 Å². The van der Waals surface area contributed by atoms with Gasteiger partial charge in [-0.25, -0.2) is 8.78 Å². The van der Waals surface area contributed by atoms with Crippen LogP contribution in [0.25, 0.3) is 0 Å². The first-order valence-electron chi connectivity index (χ1n) is 8.73. The lowest BCUT2D eigenvalue weighted by Gasteiger charge is -2.13. The van der Waals surface area contributed by atoms with Crippen molar-refractivity contribution in [3.05, 3.63) is 101 Å². The first-order chi connectivity index (χ1) is 13.6. The van der Waals surface area contributed by atoms with Gasteiger partial charge in [-0.2, -0.15) is 0 Å². The zero-order valence-electron chi connectivity index (χ0n) is 14.9. The van der Waals surface area contributed by atoms with Crippen LogP contribution in [0, 0.1) is 11.6 Å². The second-order valence-electron chi connectivity index (χ2n) is 6.09. The van der Waals surface area contributed by atoms with E-state index in [1.54, 1.807) is 0 Å². The Labute approximate surface area is 161 Å². The second kappa shape index (κ2) is 8.90. The van der Waals surface area contributed by atoms with Crippen molar-refractivity contribution in [1.82, 2.24) is 5.32 Å². The van der Waals surface area contributed by atoms with Crippen LogP contribution in [0.2, 0.25) is 0 Å². The lowest BCUT2D eigenvalue weighted by molar-refractivity contribution is 0.0951. The predicted octanol–water partition coefficient (Wildman–Crippen LogP) is 4.19. The Balaban J connectivity index is 1.73. The number of carbonyl (C=O) groups is 2. The van der Waals surface area contributed by atoms with Crippen LogP contribution in [-0.4, -0.2) is 18.4 Å². The second-order valence-corrected chi connectivity index (χ2v) is 6.09. The predicted molar refractivity (Wildman–Crippen MR) is 103 cm³/mol. The van der Waals surface area contributed by atoms with E-state index in [2.05, 4.69) is 10.6 Å². The van der Waals surface area contributed by atoms with Crippen molar-refractivity contribution in [2.75, 3.05) is 11.9 Å². The number of hydrogen-bond acceptors (Lipinski definition) is 2. The van der Waals surface area contributed by atoms with Crippen LogP contribution in [0.15, 0.2) is 72.8 Å². The highest BCUT2D eigenvalue weighted by atomic mass is 19.1. The van der Waals surface area contributed by atoms with Gasteiger partial charge in [0.25, 0.3) is 11.8 Å². The summed E-state index contributed by atoms with van der Waals surface area (Å²) in [6, 6.07) is 18.9. The SMILES string of the molecule is O=C(Nc1cccc(F)c1C(=O)NCCc1ccccc1)c1ccccc1F. The minimum atomic E-state index is -0.774. The summed E-state index contributed by atoms with van der Waals surface area (Å²) >= 11 is 0. The van der Waals surface area contributed by atoms with E-state index in [9.17, 15) is 18.4 Å². The number of anilines is 1. The molecule has 0 aliphatic carbocycles. The van der Waals surface area contributed by atoms with Gasteiger partial charge in [0.15, 0.2) is 0 Å². The fourth-order valence-corrected chi connectivity index (χ4v) is 2.75. The van der Waals surface area contributed by atoms with E-state index < -0.39 is 23.4 Å². The van der Waals surface area contributed by atoms with Crippen LogP contribution in [0.5, 0.6) is 0 Å². The van der Waals surface area contributed by atoms with Gasteiger partial charge in [0.2, 0.25) is 0 Å². The Morgan fingerprint density at radius 1 is 0.750 bits per heavy atom. The van der Waals surface area contributed by atoms with Gasteiger partial charge in [0.05, 0.1) is 16.8 Å². The molecule has 2 amide bonds. The monoisotopic (exact) mass is 380 g/mol. The molecule has 0 aliphatic heterocycles. The van der Waals surface area contributed by atoms with Gasteiger partial charge in [-0.3, -0.25) is 9.59 Å². The molecule has 3 aromatic rings. The van der Waals surface area contributed by atoms with Crippen molar-refractivity contribution in [3.63, 3.8) is 0 Å². The molecule has 4 nitrogen and oxygen atoms in total. The number of hydrogen-bond donors (Lipinski definition) is 2. The molecule has 28 heavy (non-hydrogen) atoms. The number of rotatable bonds is 6. The quantitative estimate of drug-likeness (QED) is 0.674. The van der Waals surface area contributed by atoms with Crippen LogP contribution in [0.1, 0.15) is 26.3 Å². The van der Waals surface area contributed by atoms with Gasteiger partial charge >= 0.3 is 0 Å². The van der Waals surface area contributed by atoms with Crippen LogP contribution in [-0.2, 0) is 6.42 Å². The molecular formula is C22H18F2N2O2. The van der Waals surface area contributed by atoms with Crippen molar-refractivity contribution >= 4 is 17.5 Å². The molecule has 0 aromatic heterocycles. The van der Waals surface area contributed by atoms with E-state index in [-0.39, 0.29) is 16.8 Å². The van der Waals surface area contributed by atoms with E-state index in [1.807, 2.05) is 30.3 Å². The highest BCUT2D eigenvalue weighted by Gasteiger charge is 2.19. The van der Waals surface area contributed by atoms with Gasteiger partial charge in [0, 0.05) is 6.54 Å². The molecule has 0 fully saturated rings. The third-order valence-corrected chi connectivity index (χ3v) is 4.15. The van der Waals surface area contributed by atoms with Crippen LogP contribution in [0.4, 0.5) is 14.5 Å². The molecule has 2 N–H and O–H groups in total. The van der Waals surface area contributed by atoms with Crippen molar-refractivity contribution in [1.29, 1.82) is 0 Å². The molecular weight excluding hydrogens is 362 g/mol. The van der Waals surface area contributed by atoms with Crippen LogP contribution >= 0.6 is 0 Å². The first-order valence-corrected chi connectivity index (χ1v) is 8.73. The first kappa shape index (κ1) is 19.2. The Hall–Kier alpha value is -3.54. The zero-order chi connectivity index (χ0) is 19.9. The van der Waals surface area contributed by atoms with E-state index in [1.165, 1.54) is 30.3 Å². The normalized spacial score (nSPS) is 10.4. The molecule has 0 unspecified atom stereocenters. The minimum Gasteiger partial charge on any atom is -0.352 e. The van der Waals surface area contributed by atoms with Crippen molar-refractivity contribution in [2.45, 2.75) is 6.42 Å². The van der Waals surface area contributed by atoms with Crippen molar-refractivity contribution in [3.8, 4) is 0 Å². The molecule has 0 saturated carbocycles. The third-order valence-electron chi connectivity index (χ3n) is 4.15. The Kier molecular flexibility index (Phi) is 6.11. The maximum Gasteiger partial charge on any atom is 0.258 e. The van der Waals surface area contributed by atoms with Crippen molar-refractivity contribution in [2.24, 2.45) is 0 Å². The maximum atomic E-state index is 14.3. The molecule has 6 heteroatoms. The zero-order valence-corrected chi connectivity index (χ0v) is 14.9. The van der Waals surface area contributed by atoms with E-state index in [0.717, 1.165) is 17.7 Å². The largest absolute Gasteiger partial charge is 0.352 e.